The molecular weight excluding hydrogens is 236 g/mol. The second-order valence-electron chi connectivity index (χ2n) is 4.54. The Hall–Kier alpha value is -1.87. The van der Waals surface area contributed by atoms with Crippen molar-refractivity contribution in [3.63, 3.8) is 0 Å². The van der Waals surface area contributed by atoms with Gasteiger partial charge in [0.15, 0.2) is 0 Å². The minimum Gasteiger partial charge on any atom is -0.493 e. The van der Waals surface area contributed by atoms with E-state index in [9.17, 15) is 0 Å². The normalized spacial score (nSPS) is 12.1. The summed E-state index contributed by atoms with van der Waals surface area (Å²) >= 11 is 0. The van der Waals surface area contributed by atoms with Crippen molar-refractivity contribution in [1.82, 2.24) is 4.98 Å². The fraction of sp³-hybridized carbons (Fsp3) is 0.312. The Labute approximate surface area is 114 Å². The lowest BCUT2D eigenvalue weighted by atomic mass is 10.1. The molecule has 0 radical (unpaired) electrons. The van der Waals surface area contributed by atoms with Crippen molar-refractivity contribution in [2.45, 2.75) is 25.8 Å². The first-order chi connectivity index (χ1) is 9.29. The highest BCUT2D eigenvalue weighted by Gasteiger charge is 2.03. The summed E-state index contributed by atoms with van der Waals surface area (Å²) in [6.07, 6.45) is 5.46. The summed E-state index contributed by atoms with van der Waals surface area (Å²) in [5, 5.41) is 0. The molecule has 1 aromatic heterocycles. The van der Waals surface area contributed by atoms with Gasteiger partial charge < -0.3 is 10.5 Å². The maximum Gasteiger partial charge on any atom is 0.119 e. The van der Waals surface area contributed by atoms with Crippen LogP contribution in [0.1, 0.15) is 30.5 Å². The lowest BCUT2D eigenvalue weighted by molar-refractivity contribution is 0.321. The maximum absolute atomic E-state index is 5.97. The van der Waals surface area contributed by atoms with Gasteiger partial charge in [-0.3, -0.25) is 4.98 Å². The van der Waals surface area contributed by atoms with Crippen LogP contribution in [0.25, 0.3) is 0 Å². The molecule has 3 nitrogen and oxygen atoms in total. The third-order valence-electron chi connectivity index (χ3n) is 3.13. The summed E-state index contributed by atoms with van der Waals surface area (Å²) in [7, 11) is 0. The number of ether oxygens (including phenoxy) is 1. The number of rotatable bonds is 6. The van der Waals surface area contributed by atoms with E-state index in [0.717, 1.165) is 24.2 Å². The molecule has 0 fully saturated rings. The average molecular weight is 256 g/mol. The Morgan fingerprint density at radius 1 is 1.21 bits per heavy atom. The number of hydrogen-bond acceptors (Lipinski definition) is 3. The Kier molecular flexibility index (Phi) is 4.93. The SMILES string of the molecule is CC[C@@H](N)c1ccc(OCCc2cccnc2)cc1. The minimum absolute atomic E-state index is 0.115. The number of benzene rings is 1. The summed E-state index contributed by atoms with van der Waals surface area (Å²) in [5.41, 5.74) is 8.31. The van der Waals surface area contributed by atoms with Gasteiger partial charge in [0.2, 0.25) is 0 Å². The fourth-order valence-corrected chi connectivity index (χ4v) is 1.88. The van der Waals surface area contributed by atoms with E-state index in [1.54, 1.807) is 6.20 Å². The molecule has 2 rings (SSSR count). The van der Waals surface area contributed by atoms with E-state index in [2.05, 4.69) is 18.0 Å². The van der Waals surface area contributed by atoms with Gasteiger partial charge in [-0.05, 0) is 35.7 Å². The quantitative estimate of drug-likeness (QED) is 0.864. The van der Waals surface area contributed by atoms with E-state index in [0.29, 0.717) is 6.61 Å². The summed E-state index contributed by atoms with van der Waals surface area (Å²) in [4.78, 5) is 4.08. The maximum atomic E-state index is 5.97. The molecule has 1 aromatic carbocycles. The molecule has 2 N–H and O–H groups in total. The molecule has 1 atom stereocenters. The van der Waals surface area contributed by atoms with Crippen molar-refractivity contribution >= 4 is 0 Å². The molecule has 0 aliphatic rings. The van der Waals surface area contributed by atoms with Crippen LogP contribution in [-0.2, 0) is 6.42 Å². The number of pyridine rings is 1. The van der Waals surface area contributed by atoms with Crippen LogP contribution in [0.15, 0.2) is 48.8 Å². The van der Waals surface area contributed by atoms with Crippen molar-refractivity contribution in [3.8, 4) is 5.75 Å². The monoisotopic (exact) mass is 256 g/mol. The Balaban J connectivity index is 1.83. The van der Waals surface area contributed by atoms with Gasteiger partial charge in [0, 0.05) is 24.9 Å². The van der Waals surface area contributed by atoms with Gasteiger partial charge in [0.05, 0.1) is 6.61 Å². The average Bonchev–Trinajstić information content (AvgIpc) is 2.48. The molecule has 0 aliphatic heterocycles. The first kappa shape index (κ1) is 13.6. The summed E-state index contributed by atoms with van der Waals surface area (Å²) in [6.45, 7) is 2.74. The highest BCUT2D eigenvalue weighted by atomic mass is 16.5. The van der Waals surface area contributed by atoms with Gasteiger partial charge in [-0.15, -0.1) is 0 Å². The molecule has 0 saturated carbocycles. The number of nitrogens with zero attached hydrogens (tertiary/aromatic N) is 1. The van der Waals surface area contributed by atoms with Gasteiger partial charge >= 0.3 is 0 Å². The first-order valence-electron chi connectivity index (χ1n) is 6.67. The zero-order valence-electron chi connectivity index (χ0n) is 11.3. The lowest BCUT2D eigenvalue weighted by Crippen LogP contribution is -2.08. The third kappa shape index (κ3) is 4.07. The van der Waals surface area contributed by atoms with Crippen molar-refractivity contribution in [3.05, 3.63) is 59.9 Å². The molecule has 0 unspecified atom stereocenters. The van der Waals surface area contributed by atoms with E-state index in [-0.39, 0.29) is 6.04 Å². The van der Waals surface area contributed by atoms with Crippen molar-refractivity contribution in [2.75, 3.05) is 6.61 Å². The Bertz CT molecular complexity index is 482. The second kappa shape index (κ2) is 6.90. The van der Waals surface area contributed by atoms with E-state index in [4.69, 9.17) is 10.5 Å². The number of nitrogens with two attached hydrogens (primary N) is 1. The number of aromatic nitrogens is 1. The van der Waals surface area contributed by atoms with Crippen molar-refractivity contribution < 1.29 is 4.74 Å². The van der Waals surface area contributed by atoms with Gasteiger partial charge in [0.1, 0.15) is 5.75 Å². The van der Waals surface area contributed by atoms with Gasteiger partial charge in [0.25, 0.3) is 0 Å². The summed E-state index contributed by atoms with van der Waals surface area (Å²) in [5.74, 6) is 0.885. The van der Waals surface area contributed by atoms with E-state index < -0.39 is 0 Å². The molecule has 0 amide bonds. The molecule has 1 heterocycles. The summed E-state index contributed by atoms with van der Waals surface area (Å²) < 4.78 is 5.71. The van der Waals surface area contributed by atoms with Gasteiger partial charge in [-0.2, -0.15) is 0 Å². The molecule has 0 aliphatic carbocycles. The van der Waals surface area contributed by atoms with Crippen LogP contribution in [0.5, 0.6) is 5.75 Å². The molecule has 2 aromatic rings. The van der Waals surface area contributed by atoms with Gasteiger partial charge in [-0.1, -0.05) is 25.1 Å². The second-order valence-corrected chi connectivity index (χ2v) is 4.54. The van der Waals surface area contributed by atoms with Crippen molar-refractivity contribution in [1.29, 1.82) is 0 Å². The van der Waals surface area contributed by atoms with Crippen LogP contribution in [0, 0.1) is 0 Å². The van der Waals surface area contributed by atoms with E-state index in [1.807, 2.05) is 36.5 Å². The minimum atomic E-state index is 0.115. The third-order valence-corrected chi connectivity index (χ3v) is 3.13. The zero-order chi connectivity index (χ0) is 13.5. The fourth-order valence-electron chi connectivity index (χ4n) is 1.88. The molecule has 0 bridgehead atoms. The Morgan fingerprint density at radius 3 is 2.63 bits per heavy atom. The van der Waals surface area contributed by atoms with Crippen LogP contribution in [-0.4, -0.2) is 11.6 Å². The molecule has 0 spiro atoms. The molecule has 0 saturated heterocycles. The zero-order valence-corrected chi connectivity index (χ0v) is 11.3. The molecule has 3 heteroatoms. The van der Waals surface area contributed by atoms with E-state index >= 15 is 0 Å². The van der Waals surface area contributed by atoms with E-state index in [1.165, 1.54) is 5.56 Å². The van der Waals surface area contributed by atoms with Crippen LogP contribution in [0.3, 0.4) is 0 Å². The standard InChI is InChI=1S/C16H20N2O/c1-2-16(17)14-5-7-15(8-6-14)19-11-9-13-4-3-10-18-12-13/h3-8,10,12,16H,2,9,11,17H2,1H3/t16-/m1/s1. The van der Waals surface area contributed by atoms with Crippen LogP contribution >= 0.6 is 0 Å². The van der Waals surface area contributed by atoms with Crippen LogP contribution < -0.4 is 10.5 Å². The highest BCUT2D eigenvalue weighted by molar-refractivity contribution is 5.29. The van der Waals surface area contributed by atoms with Gasteiger partial charge in [-0.25, -0.2) is 0 Å². The first-order valence-corrected chi connectivity index (χ1v) is 6.67. The molecule has 19 heavy (non-hydrogen) atoms. The topological polar surface area (TPSA) is 48.1 Å². The smallest absolute Gasteiger partial charge is 0.119 e. The molecular formula is C16H20N2O. The predicted octanol–water partition coefficient (Wildman–Crippen LogP) is 3.11. The van der Waals surface area contributed by atoms with Crippen molar-refractivity contribution in [2.24, 2.45) is 5.73 Å². The summed E-state index contributed by atoms with van der Waals surface area (Å²) in [6, 6.07) is 12.1. The molecule has 100 valence electrons. The highest BCUT2D eigenvalue weighted by Crippen LogP contribution is 2.18. The largest absolute Gasteiger partial charge is 0.493 e. The number of hydrogen-bond donors (Lipinski definition) is 1. The van der Waals surface area contributed by atoms with Crippen LogP contribution in [0.4, 0.5) is 0 Å². The Morgan fingerprint density at radius 2 is 2.00 bits per heavy atom. The predicted molar refractivity (Wildman–Crippen MR) is 77.1 cm³/mol. The lowest BCUT2D eigenvalue weighted by Gasteiger charge is -2.10. The van der Waals surface area contributed by atoms with Crippen LogP contribution in [0.2, 0.25) is 0 Å².